The number of ether oxygens (including phenoxy) is 1. The Bertz CT molecular complexity index is 728. The molecular weight excluding hydrogens is 312 g/mol. The fourth-order valence-corrected chi connectivity index (χ4v) is 3.59. The van der Waals surface area contributed by atoms with Crippen molar-refractivity contribution in [2.24, 2.45) is 0 Å². The van der Waals surface area contributed by atoms with Gasteiger partial charge in [-0.1, -0.05) is 11.6 Å². The summed E-state index contributed by atoms with van der Waals surface area (Å²) in [5.74, 6) is 2.30. The highest BCUT2D eigenvalue weighted by molar-refractivity contribution is 7.98. The minimum Gasteiger partial charge on any atom is -0.497 e. The molecule has 0 aliphatic heterocycles. The lowest BCUT2D eigenvalue weighted by atomic mass is 10.3. The van der Waals surface area contributed by atoms with Crippen molar-refractivity contribution in [2.45, 2.75) is 10.6 Å². The van der Waals surface area contributed by atoms with Crippen LogP contribution < -0.4 is 4.74 Å². The number of methoxy groups -OCH3 is 1. The largest absolute Gasteiger partial charge is 0.497 e. The van der Waals surface area contributed by atoms with Crippen LogP contribution in [0, 0.1) is 0 Å². The van der Waals surface area contributed by atoms with E-state index in [4.69, 9.17) is 16.3 Å². The number of fused-ring (bicyclic) bond motifs is 1. The van der Waals surface area contributed by atoms with Gasteiger partial charge >= 0.3 is 0 Å². The van der Waals surface area contributed by atoms with Crippen LogP contribution in [0.3, 0.4) is 0 Å². The molecule has 3 nitrogen and oxygen atoms in total. The SMILES string of the molecule is COc1ccc(SCc2nc(Cl)c3ccsc3n2)cc1. The number of thioether (sulfide) groups is 1. The lowest BCUT2D eigenvalue weighted by molar-refractivity contribution is 0.414. The standard InChI is InChI=1S/C14H11ClN2OS2/c1-18-9-2-4-10(5-3-9)20-8-12-16-13(15)11-6-7-19-14(11)17-12/h2-7H,8H2,1H3. The average molecular weight is 323 g/mol. The van der Waals surface area contributed by atoms with E-state index in [1.165, 1.54) is 0 Å². The van der Waals surface area contributed by atoms with Gasteiger partial charge in [-0.15, -0.1) is 23.1 Å². The molecule has 0 amide bonds. The quantitative estimate of drug-likeness (QED) is 0.517. The maximum atomic E-state index is 6.15. The molecule has 0 atom stereocenters. The molecule has 0 N–H and O–H groups in total. The maximum absolute atomic E-state index is 6.15. The van der Waals surface area contributed by atoms with Crippen LogP contribution in [-0.2, 0) is 5.75 Å². The molecular formula is C14H11ClN2OS2. The van der Waals surface area contributed by atoms with Crippen molar-refractivity contribution in [3.05, 3.63) is 46.7 Å². The van der Waals surface area contributed by atoms with E-state index < -0.39 is 0 Å². The number of thiophene rings is 1. The van der Waals surface area contributed by atoms with Crippen LogP contribution in [0.4, 0.5) is 0 Å². The highest BCUT2D eigenvalue weighted by atomic mass is 35.5. The van der Waals surface area contributed by atoms with Gasteiger partial charge in [-0.05, 0) is 35.7 Å². The van der Waals surface area contributed by atoms with Gasteiger partial charge in [-0.25, -0.2) is 9.97 Å². The van der Waals surface area contributed by atoms with E-state index in [0.29, 0.717) is 10.9 Å². The molecule has 0 aliphatic carbocycles. The molecule has 20 heavy (non-hydrogen) atoms. The van der Waals surface area contributed by atoms with Gasteiger partial charge in [-0.3, -0.25) is 0 Å². The first-order valence-corrected chi connectivity index (χ1v) is 8.17. The fourth-order valence-electron chi connectivity index (χ4n) is 1.74. The predicted molar refractivity (Wildman–Crippen MR) is 85.0 cm³/mol. The third kappa shape index (κ3) is 2.90. The van der Waals surface area contributed by atoms with E-state index in [1.54, 1.807) is 30.2 Å². The van der Waals surface area contributed by atoms with E-state index in [9.17, 15) is 0 Å². The molecule has 0 saturated heterocycles. The summed E-state index contributed by atoms with van der Waals surface area (Å²) < 4.78 is 5.14. The highest BCUT2D eigenvalue weighted by Gasteiger charge is 2.07. The van der Waals surface area contributed by atoms with Crippen molar-refractivity contribution in [2.75, 3.05) is 7.11 Å². The van der Waals surface area contributed by atoms with Crippen molar-refractivity contribution in [3.8, 4) is 5.75 Å². The van der Waals surface area contributed by atoms with Crippen LogP contribution in [0.15, 0.2) is 40.6 Å². The average Bonchev–Trinajstić information content (AvgIpc) is 2.94. The summed E-state index contributed by atoms with van der Waals surface area (Å²) in [4.78, 5) is 11.0. The number of rotatable bonds is 4. The second kappa shape index (κ2) is 5.99. The Morgan fingerprint density at radius 1 is 1.20 bits per heavy atom. The van der Waals surface area contributed by atoms with Crippen LogP contribution in [0.1, 0.15) is 5.82 Å². The molecule has 2 heterocycles. The summed E-state index contributed by atoms with van der Waals surface area (Å²) in [6.45, 7) is 0. The van der Waals surface area contributed by atoms with Gasteiger partial charge in [0.1, 0.15) is 21.6 Å². The van der Waals surface area contributed by atoms with Crippen LogP contribution in [0.2, 0.25) is 5.15 Å². The number of hydrogen-bond acceptors (Lipinski definition) is 5. The van der Waals surface area contributed by atoms with Crippen LogP contribution in [0.5, 0.6) is 5.75 Å². The zero-order valence-electron chi connectivity index (χ0n) is 10.7. The Labute approximate surface area is 130 Å². The molecule has 6 heteroatoms. The first-order chi connectivity index (χ1) is 9.76. The molecule has 3 rings (SSSR count). The highest BCUT2D eigenvalue weighted by Crippen LogP contribution is 2.28. The van der Waals surface area contributed by atoms with Crippen LogP contribution in [-0.4, -0.2) is 17.1 Å². The topological polar surface area (TPSA) is 35.0 Å². The first kappa shape index (κ1) is 13.7. The van der Waals surface area contributed by atoms with Gasteiger partial charge in [0.25, 0.3) is 0 Å². The lowest BCUT2D eigenvalue weighted by Gasteiger charge is -2.04. The minimum absolute atomic E-state index is 0.529. The van der Waals surface area contributed by atoms with Gasteiger partial charge in [0.15, 0.2) is 0 Å². The van der Waals surface area contributed by atoms with Crippen LogP contribution in [0.25, 0.3) is 10.2 Å². The Balaban J connectivity index is 1.75. The van der Waals surface area contributed by atoms with E-state index in [2.05, 4.69) is 9.97 Å². The number of benzene rings is 1. The second-order valence-electron chi connectivity index (χ2n) is 4.03. The van der Waals surface area contributed by atoms with Crippen molar-refractivity contribution < 1.29 is 4.74 Å². The molecule has 1 aromatic carbocycles. The zero-order chi connectivity index (χ0) is 13.9. The number of aromatic nitrogens is 2. The number of hydrogen-bond donors (Lipinski definition) is 0. The van der Waals surface area contributed by atoms with Crippen molar-refractivity contribution in [3.63, 3.8) is 0 Å². The van der Waals surface area contributed by atoms with Gasteiger partial charge in [0, 0.05) is 10.3 Å². The van der Waals surface area contributed by atoms with Gasteiger partial charge in [0.2, 0.25) is 0 Å². The Hall–Kier alpha value is -1.30. The second-order valence-corrected chi connectivity index (χ2v) is 6.34. The Morgan fingerprint density at radius 3 is 2.75 bits per heavy atom. The Morgan fingerprint density at radius 2 is 2.00 bits per heavy atom. The third-order valence-corrected chi connectivity index (χ3v) is 4.86. The van der Waals surface area contributed by atoms with E-state index in [-0.39, 0.29) is 0 Å². The van der Waals surface area contributed by atoms with E-state index in [1.807, 2.05) is 35.7 Å². The summed E-state index contributed by atoms with van der Waals surface area (Å²) in [5, 5.41) is 3.43. The molecule has 0 fully saturated rings. The maximum Gasteiger partial charge on any atom is 0.142 e. The van der Waals surface area contributed by atoms with Gasteiger partial charge in [-0.2, -0.15) is 0 Å². The molecule has 0 saturated carbocycles. The number of halogens is 1. The van der Waals surface area contributed by atoms with Crippen molar-refractivity contribution in [1.29, 1.82) is 0 Å². The van der Waals surface area contributed by atoms with Crippen molar-refractivity contribution >= 4 is 44.9 Å². The predicted octanol–water partition coefficient (Wildman–Crippen LogP) is 4.65. The molecule has 0 bridgehead atoms. The molecule has 0 unspecified atom stereocenters. The molecule has 0 radical (unpaired) electrons. The van der Waals surface area contributed by atoms with Gasteiger partial charge in [0.05, 0.1) is 12.9 Å². The lowest BCUT2D eigenvalue weighted by Crippen LogP contribution is -1.92. The molecule has 3 aromatic rings. The summed E-state index contributed by atoms with van der Waals surface area (Å²) in [5.41, 5.74) is 0. The zero-order valence-corrected chi connectivity index (χ0v) is 13.1. The first-order valence-electron chi connectivity index (χ1n) is 5.93. The fraction of sp³-hybridized carbons (Fsp3) is 0.143. The van der Waals surface area contributed by atoms with E-state index in [0.717, 1.165) is 26.7 Å². The number of nitrogens with zero attached hydrogens (tertiary/aromatic N) is 2. The summed E-state index contributed by atoms with van der Waals surface area (Å²) >= 11 is 9.41. The molecule has 0 aliphatic rings. The van der Waals surface area contributed by atoms with Crippen molar-refractivity contribution in [1.82, 2.24) is 9.97 Å². The third-order valence-electron chi connectivity index (χ3n) is 2.75. The Kier molecular flexibility index (Phi) is 4.10. The van der Waals surface area contributed by atoms with Crippen LogP contribution >= 0.6 is 34.7 Å². The molecule has 0 spiro atoms. The smallest absolute Gasteiger partial charge is 0.142 e. The minimum atomic E-state index is 0.529. The van der Waals surface area contributed by atoms with E-state index >= 15 is 0 Å². The monoisotopic (exact) mass is 322 g/mol. The summed E-state index contributed by atoms with van der Waals surface area (Å²) in [6.07, 6.45) is 0. The summed E-state index contributed by atoms with van der Waals surface area (Å²) in [6, 6.07) is 9.88. The molecule has 2 aromatic heterocycles. The summed E-state index contributed by atoms with van der Waals surface area (Å²) in [7, 11) is 1.66. The van der Waals surface area contributed by atoms with Gasteiger partial charge < -0.3 is 4.74 Å². The normalized spacial score (nSPS) is 10.9. The molecule has 102 valence electrons.